The van der Waals surface area contributed by atoms with Crippen molar-refractivity contribution in [1.82, 2.24) is 10.3 Å². The van der Waals surface area contributed by atoms with Gasteiger partial charge >= 0.3 is 0 Å². The number of carbonyl (C=O) groups excluding carboxylic acids is 1. The Morgan fingerprint density at radius 3 is 2.92 bits per heavy atom. The van der Waals surface area contributed by atoms with Crippen LogP contribution in [0.3, 0.4) is 0 Å². The van der Waals surface area contributed by atoms with E-state index in [1.807, 2.05) is 13.0 Å². The Balaban J connectivity index is 1.58. The highest BCUT2D eigenvalue weighted by Gasteiger charge is 2.11. The fourth-order valence-corrected chi connectivity index (χ4v) is 4.41. The first kappa shape index (κ1) is 17.6. The molecule has 124 valence electrons. The van der Waals surface area contributed by atoms with Crippen LogP contribution in [0.25, 0.3) is 10.6 Å². The lowest BCUT2D eigenvalue weighted by molar-refractivity contribution is 0.0954. The molecule has 1 N–H and O–H groups in total. The van der Waals surface area contributed by atoms with E-state index in [1.165, 1.54) is 4.88 Å². The van der Waals surface area contributed by atoms with Crippen molar-refractivity contribution in [3.63, 3.8) is 0 Å². The van der Waals surface area contributed by atoms with Gasteiger partial charge in [0.05, 0.1) is 26.2 Å². The smallest absolute Gasteiger partial charge is 0.252 e. The van der Waals surface area contributed by atoms with E-state index < -0.39 is 0 Å². The lowest BCUT2D eigenvalue weighted by Crippen LogP contribution is -2.25. The third kappa shape index (κ3) is 4.25. The van der Waals surface area contributed by atoms with Crippen molar-refractivity contribution in [2.24, 2.45) is 0 Å². The van der Waals surface area contributed by atoms with Gasteiger partial charge in [0.1, 0.15) is 0 Å². The number of benzene rings is 1. The molecule has 0 saturated carbocycles. The van der Waals surface area contributed by atoms with E-state index in [4.69, 9.17) is 11.6 Å². The Morgan fingerprint density at radius 1 is 1.33 bits per heavy atom. The molecule has 1 amide bonds. The van der Waals surface area contributed by atoms with Crippen molar-refractivity contribution in [2.75, 3.05) is 6.54 Å². The van der Waals surface area contributed by atoms with Crippen molar-refractivity contribution < 1.29 is 4.79 Å². The van der Waals surface area contributed by atoms with E-state index in [1.54, 1.807) is 34.8 Å². The van der Waals surface area contributed by atoms with Crippen molar-refractivity contribution in [1.29, 1.82) is 0 Å². The van der Waals surface area contributed by atoms with Gasteiger partial charge in [-0.2, -0.15) is 0 Å². The predicted molar refractivity (Wildman–Crippen MR) is 105 cm³/mol. The molecule has 0 fully saturated rings. The second kappa shape index (κ2) is 7.78. The number of nitrogens with one attached hydrogen (secondary N) is 1. The number of thiophene rings is 1. The van der Waals surface area contributed by atoms with Crippen LogP contribution in [-0.4, -0.2) is 17.4 Å². The molecule has 0 unspecified atom stereocenters. The van der Waals surface area contributed by atoms with E-state index in [9.17, 15) is 4.79 Å². The number of hydrogen-bond donors (Lipinski definition) is 1. The Morgan fingerprint density at radius 2 is 2.17 bits per heavy atom. The van der Waals surface area contributed by atoms with Crippen LogP contribution in [0.2, 0.25) is 5.02 Å². The summed E-state index contributed by atoms with van der Waals surface area (Å²) in [5.41, 5.74) is 1.51. The fourth-order valence-electron chi connectivity index (χ4n) is 2.19. The van der Waals surface area contributed by atoms with Gasteiger partial charge in [0.25, 0.3) is 5.91 Å². The average Bonchev–Trinajstić information content (AvgIpc) is 3.18. The quantitative estimate of drug-likeness (QED) is 0.562. The maximum Gasteiger partial charge on any atom is 0.252 e. The van der Waals surface area contributed by atoms with E-state index in [0.29, 0.717) is 17.1 Å². The molecule has 24 heavy (non-hydrogen) atoms. The SMILES string of the molecule is Cc1nc(-c2ccc(CCNC(=O)c3cc(Br)ccc3Cl)s2)cs1. The van der Waals surface area contributed by atoms with Crippen LogP contribution in [0.5, 0.6) is 0 Å². The molecule has 3 rings (SSSR count). The molecule has 1 aromatic carbocycles. The number of amides is 1. The summed E-state index contributed by atoms with van der Waals surface area (Å²) in [4.78, 5) is 19.1. The summed E-state index contributed by atoms with van der Waals surface area (Å²) in [6.45, 7) is 2.57. The van der Waals surface area contributed by atoms with E-state index >= 15 is 0 Å². The maximum atomic E-state index is 12.2. The van der Waals surface area contributed by atoms with Gasteiger partial charge in [0, 0.05) is 21.3 Å². The summed E-state index contributed by atoms with van der Waals surface area (Å²) >= 11 is 12.8. The van der Waals surface area contributed by atoms with Crippen molar-refractivity contribution in [3.05, 3.63) is 60.7 Å². The van der Waals surface area contributed by atoms with Gasteiger partial charge < -0.3 is 5.32 Å². The fraction of sp³-hybridized carbons (Fsp3) is 0.176. The summed E-state index contributed by atoms with van der Waals surface area (Å²) in [6, 6.07) is 9.42. The molecule has 7 heteroatoms. The Bertz CT molecular complexity index is 875. The molecule has 3 nitrogen and oxygen atoms in total. The first-order valence-corrected chi connectivity index (χ1v) is 10.1. The molecule has 0 bridgehead atoms. The molecular formula is C17H14BrClN2OS2. The first-order valence-electron chi connectivity index (χ1n) is 7.27. The lowest BCUT2D eigenvalue weighted by atomic mass is 10.2. The van der Waals surface area contributed by atoms with E-state index in [-0.39, 0.29) is 5.91 Å². The molecule has 0 spiro atoms. The minimum absolute atomic E-state index is 0.159. The van der Waals surface area contributed by atoms with Gasteiger partial charge in [-0.3, -0.25) is 4.79 Å². The highest BCUT2D eigenvalue weighted by molar-refractivity contribution is 9.10. The molecule has 0 aliphatic rings. The monoisotopic (exact) mass is 440 g/mol. The van der Waals surface area contributed by atoms with Crippen LogP contribution < -0.4 is 5.32 Å². The minimum atomic E-state index is -0.159. The molecule has 0 saturated heterocycles. The molecule has 0 radical (unpaired) electrons. The summed E-state index contributed by atoms with van der Waals surface area (Å²) in [5.74, 6) is -0.159. The zero-order valence-corrected chi connectivity index (χ0v) is 16.8. The zero-order valence-electron chi connectivity index (χ0n) is 12.8. The molecule has 2 aromatic heterocycles. The second-order valence-corrected chi connectivity index (χ2v) is 8.70. The molecule has 3 aromatic rings. The molecule has 0 atom stereocenters. The number of thiazole rings is 1. The van der Waals surface area contributed by atoms with Gasteiger partial charge in [-0.15, -0.1) is 22.7 Å². The molecule has 2 heterocycles. The van der Waals surface area contributed by atoms with E-state index in [2.05, 4.69) is 43.7 Å². The number of carbonyl (C=O) groups is 1. The zero-order chi connectivity index (χ0) is 17.1. The number of nitrogens with zero attached hydrogens (tertiary/aromatic N) is 1. The highest BCUT2D eigenvalue weighted by Crippen LogP contribution is 2.29. The van der Waals surface area contributed by atoms with Crippen LogP contribution in [-0.2, 0) is 6.42 Å². The first-order chi connectivity index (χ1) is 11.5. The highest BCUT2D eigenvalue weighted by atomic mass is 79.9. The van der Waals surface area contributed by atoms with Crippen molar-refractivity contribution in [2.45, 2.75) is 13.3 Å². The Labute approximate surface area is 161 Å². The topological polar surface area (TPSA) is 42.0 Å². The van der Waals surface area contributed by atoms with Crippen molar-refractivity contribution >= 4 is 56.1 Å². The van der Waals surface area contributed by atoms with Gasteiger partial charge in [0.15, 0.2) is 0 Å². The number of hydrogen-bond acceptors (Lipinski definition) is 4. The second-order valence-electron chi connectivity index (χ2n) is 5.15. The van der Waals surface area contributed by atoms with Gasteiger partial charge in [-0.25, -0.2) is 4.98 Å². The van der Waals surface area contributed by atoms with Crippen LogP contribution in [0.4, 0.5) is 0 Å². The van der Waals surface area contributed by atoms with Gasteiger partial charge in [0.2, 0.25) is 0 Å². The van der Waals surface area contributed by atoms with Crippen molar-refractivity contribution in [3.8, 4) is 10.6 Å². The van der Waals surface area contributed by atoms with Crippen LogP contribution in [0.1, 0.15) is 20.2 Å². The van der Waals surface area contributed by atoms with Crippen LogP contribution in [0, 0.1) is 6.92 Å². The third-order valence-corrected chi connectivity index (χ3v) is 6.13. The summed E-state index contributed by atoms with van der Waals surface area (Å²) in [6.07, 6.45) is 0.783. The number of halogens is 2. The minimum Gasteiger partial charge on any atom is -0.352 e. The Kier molecular flexibility index (Phi) is 5.71. The summed E-state index contributed by atoms with van der Waals surface area (Å²) < 4.78 is 0.832. The number of aryl methyl sites for hydroxylation is 1. The largest absolute Gasteiger partial charge is 0.352 e. The maximum absolute atomic E-state index is 12.2. The summed E-state index contributed by atoms with van der Waals surface area (Å²) in [7, 11) is 0. The third-order valence-electron chi connectivity index (χ3n) is 3.36. The normalized spacial score (nSPS) is 10.8. The Hall–Kier alpha value is -1.21. The molecular weight excluding hydrogens is 428 g/mol. The lowest BCUT2D eigenvalue weighted by Gasteiger charge is -2.06. The number of aromatic nitrogens is 1. The van der Waals surface area contributed by atoms with E-state index in [0.717, 1.165) is 26.5 Å². The van der Waals surface area contributed by atoms with Gasteiger partial charge in [-0.05, 0) is 43.7 Å². The van der Waals surface area contributed by atoms with Crippen LogP contribution >= 0.6 is 50.2 Å². The van der Waals surface area contributed by atoms with Gasteiger partial charge in [-0.1, -0.05) is 27.5 Å². The predicted octanol–water partition coefficient (Wildman–Crippen LogP) is 5.57. The average molecular weight is 442 g/mol. The summed E-state index contributed by atoms with van der Waals surface area (Å²) in [5, 5.41) is 6.51. The number of rotatable bonds is 5. The molecule has 0 aliphatic heterocycles. The van der Waals surface area contributed by atoms with Crippen LogP contribution in [0.15, 0.2) is 40.2 Å². The standard InChI is InChI=1S/C17H14BrClN2OS2/c1-10-21-15(9-23-10)16-5-3-12(24-16)6-7-20-17(22)13-8-11(18)2-4-14(13)19/h2-5,8-9H,6-7H2,1H3,(H,20,22). The molecule has 0 aliphatic carbocycles.